The van der Waals surface area contributed by atoms with Crippen LogP contribution in [0.25, 0.3) is 0 Å². The van der Waals surface area contributed by atoms with Crippen molar-refractivity contribution < 1.29 is 18.7 Å². The molecule has 0 unspecified atom stereocenters. The molecule has 0 bridgehead atoms. The quantitative estimate of drug-likeness (QED) is 0.884. The highest BCUT2D eigenvalue weighted by atomic mass is 19.1. The predicted molar refractivity (Wildman–Crippen MR) is 85.7 cm³/mol. The molecule has 1 N–H and O–H groups in total. The zero-order chi connectivity index (χ0) is 17.1. The minimum absolute atomic E-state index is 0.0738. The lowest BCUT2D eigenvalue weighted by Crippen LogP contribution is -2.44. The highest BCUT2D eigenvalue weighted by molar-refractivity contribution is 5.83. The Bertz CT molecular complexity index is 625. The van der Waals surface area contributed by atoms with Crippen molar-refractivity contribution in [2.45, 2.75) is 31.5 Å². The molecule has 3 amide bonds. The maximum Gasteiger partial charge on any atom is 0.318 e. The van der Waals surface area contributed by atoms with E-state index in [1.165, 1.54) is 12.1 Å². The lowest BCUT2D eigenvalue weighted by molar-refractivity contribution is -0.129. The standard InChI is InChI=1S/C17H22FN3O3/c1-24-8-7-20-14-5-6-21(15(14)10-16(20)22)17(23)19-11-12-3-2-4-13(18)9-12/h2-4,9,14-15H,5-8,10-11H2,1H3,(H,19,23)/t14-,15-/m0/s1. The number of nitrogens with one attached hydrogen (secondary N) is 1. The molecule has 24 heavy (non-hydrogen) atoms. The van der Waals surface area contributed by atoms with E-state index >= 15 is 0 Å². The number of ether oxygens (including phenoxy) is 1. The van der Waals surface area contributed by atoms with Gasteiger partial charge in [-0.3, -0.25) is 4.79 Å². The number of benzene rings is 1. The number of amides is 3. The van der Waals surface area contributed by atoms with E-state index in [0.717, 1.165) is 6.42 Å². The summed E-state index contributed by atoms with van der Waals surface area (Å²) in [5.74, 6) is -0.247. The Labute approximate surface area is 140 Å². The van der Waals surface area contributed by atoms with Gasteiger partial charge in [0.2, 0.25) is 5.91 Å². The van der Waals surface area contributed by atoms with Crippen molar-refractivity contribution in [3.8, 4) is 0 Å². The van der Waals surface area contributed by atoms with E-state index in [-0.39, 0.29) is 36.4 Å². The Hall–Kier alpha value is -2.15. The second-order valence-corrected chi connectivity index (χ2v) is 6.19. The number of rotatable bonds is 5. The van der Waals surface area contributed by atoms with Crippen LogP contribution >= 0.6 is 0 Å². The van der Waals surface area contributed by atoms with Crippen molar-refractivity contribution >= 4 is 11.9 Å². The molecular weight excluding hydrogens is 313 g/mol. The molecule has 0 aliphatic carbocycles. The topological polar surface area (TPSA) is 61.9 Å². The lowest BCUT2D eigenvalue weighted by Gasteiger charge is -2.25. The summed E-state index contributed by atoms with van der Waals surface area (Å²) in [6.07, 6.45) is 1.15. The molecule has 0 saturated carbocycles. The van der Waals surface area contributed by atoms with E-state index in [1.54, 1.807) is 24.1 Å². The van der Waals surface area contributed by atoms with Crippen molar-refractivity contribution in [2.24, 2.45) is 0 Å². The van der Waals surface area contributed by atoms with Gasteiger partial charge in [-0.1, -0.05) is 12.1 Å². The van der Waals surface area contributed by atoms with Crippen molar-refractivity contribution in [1.82, 2.24) is 15.1 Å². The summed E-state index contributed by atoms with van der Waals surface area (Å²) >= 11 is 0. The molecule has 130 valence electrons. The Morgan fingerprint density at radius 1 is 1.42 bits per heavy atom. The molecule has 2 heterocycles. The number of likely N-dealkylation sites (tertiary alicyclic amines) is 2. The number of methoxy groups -OCH3 is 1. The first kappa shape index (κ1) is 16.7. The monoisotopic (exact) mass is 335 g/mol. The molecule has 2 aliphatic rings. The van der Waals surface area contributed by atoms with Gasteiger partial charge in [0.25, 0.3) is 0 Å². The third-order valence-corrected chi connectivity index (χ3v) is 4.74. The van der Waals surface area contributed by atoms with Gasteiger partial charge in [0.1, 0.15) is 5.82 Å². The number of fused-ring (bicyclic) bond motifs is 1. The van der Waals surface area contributed by atoms with Gasteiger partial charge in [-0.15, -0.1) is 0 Å². The number of carbonyl (C=O) groups is 2. The fourth-order valence-corrected chi connectivity index (χ4v) is 3.59. The van der Waals surface area contributed by atoms with Gasteiger partial charge in [-0.05, 0) is 24.1 Å². The van der Waals surface area contributed by atoms with Crippen LogP contribution in [0.4, 0.5) is 9.18 Å². The zero-order valence-electron chi connectivity index (χ0n) is 13.7. The highest BCUT2D eigenvalue weighted by Crippen LogP contribution is 2.32. The van der Waals surface area contributed by atoms with Crippen LogP contribution in [0.15, 0.2) is 24.3 Å². The van der Waals surface area contributed by atoms with Crippen molar-refractivity contribution in [1.29, 1.82) is 0 Å². The number of hydrogen-bond donors (Lipinski definition) is 1. The van der Waals surface area contributed by atoms with Crippen molar-refractivity contribution in [2.75, 3.05) is 26.8 Å². The molecule has 2 aliphatic heterocycles. The Morgan fingerprint density at radius 2 is 2.25 bits per heavy atom. The van der Waals surface area contributed by atoms with Crippen LogP contribution in [-0.2, 0) is 16.1 Å². The molecule has 2 atom stereocenters. The summed E-state index contributed by atoms with van der Waals surface area (Å²) in [6.45, 7) is 1.96. The summed E-state index contributed by atoms with van der Waals surface area (Å²) in [7, 11) is 1.61. The van der Waals surface area contributed by atoms with Crippen LogP contribution in [0.2, 0.25) is 0 Å². The van der Waals surface area contributed by atoms with Crippen LogP contribution in [-0.4, -0.2) is 60.6 Å². The minimum Gasteiger partial charge on any atom is -0.383 e. The average Bonchev–Trinajstić information content (AvgIpc) is 3.09. The zero-order valence-corrected chi connectivity index (χ0v) is 13.7. The fraction of sp³-hybridized carbons (Fsp3) is 0.529. The first-order chi connectivity index (χ1) is 11.6. The first-order valence-corrected chi connectivity index (χ1v) is 8.17. The molecule has 6 nitrogen and oxygen atoms in total. The summed E-state index contributed by atoms with van der Waals surface area (Å²) in [6, 6.07) is 5.95. The summed E-state index contributed by atoms with van der Waals surface area (Å²) in [5.41, 5.74) is 0.711. The molecule has 2 saturated heterocycles. The minimum atomic E-state index is -0.321. The number of hydrogen-bond acceptors (Lipinski definition) is 3. The third-order valence-electron chi connectivity index (χ3n) is 4.74. The molecule has 1 aromatic rings. The third kappa shape index (κ3) is 3.36. The summed E-state index contributed by atoms with van der Waals surface area (Å²) in [4.78, 5) is 28.1. The van der Waals surface area contributed by atoms with Crippen LogP contribution in [0.5, 0.6) is 0 Å². The van der Waals surface area contributed by atoms with Gasteiger partial charge >= 0.3 is 6.03 Å². The van der Waals surface area contributed by atoms with Gasteiger partial charge in [0.15, 0.2) is 0 Å². The van der Waals surface area contributed by atoms with Crippen molar-refractivity contribution in [3.63, 3.8) is 0 Å². The Kier molecular flexibility index (Phi) is 4.99. The van der Waals surface area contributed by atoms with E-state index in [9.17, 15) is 14.0 Å². The van der Waals surface area contributed by atoms with Gasteiger partial charge < -0.3 is 19.9 Å². The summed E-state index contributed by atoms with van der Waals surface area (Å²) in [5, 5.41) is 2.82. The molecule has 0 aromatic heterocycles. The molecule has 3 rings (SSSR count). The molecular formula is C17H22FN3O3. The fourth-order valence-electron chi connectivity index (χ4n) is 3.59. The molecule has 2 fully saturated rings. The van der Waals surface area contributed by atoms with E-state index < -0.39 is 0 Å². The predicted octanol–water partition coefficient (Wildman–Crippen LogP) is 1.36. The van der Waals surface area contributed by atoms with Crippen molar-refractivity contribution in [3.05, 3.63) is 35.6 Å². The van der Waals surface area contributed by atoms with Crippen LogP contribution < -0.4 is 5.32 Å². The second-order valence-electron chi connectivity index (χ2n) is 6.19. The summed E-state index contributed by atoms with van der Waals surface area (Å²) < 4.78 is 18.2. The maximum absolute atomic E-state index is 13.2. The largest absolute Gasteiger partial charge is 0.383 e. The molecule has 1 aromatic carbocycles. The number of urea groups is 1. The molecule has 0 radical (unpaired) electrons. The van der Waals surface area contributed by atoms with E-state index in [1.807, 2.05) is 4.90 Å². The second kappa shape index (κ2) is 7.17. The van der Waals surface area contributed by atoms with Crippen LogP contribution in [0.1, 0.15) is 18.4 Å². The van der Waals surface area contributed by atoms with Gasteiger partial charge in [-0.25, -0.2) is 9.18 Å². The average molecular weight is 335 g/mol. The normalized spacial score (nSPS) is 22.8. The molecule has 0 spiro atoms. The lowest BCUT2D eigenvalue weighted by atomic mass is 10.1. The van der Waals surface area contributed by atoms with E-state index in [0.29, 0.717) is 31.7 Å². The number of carbonyl (C=O) groups excluding carboxylic acids is 2. The number of halogens is 1. The smallest absolute Gasteiger partial charge is 0.318 e. The first-order valence-electron chi connectivity index (χ1n) is 8.17. The SMILES string of the molecule is COCCN1C(=O)C[C@H]2[C@@H]1CCN2C(=O)NCc1cccc(F)c1. The van der Waals surface area contributed by atoms with E-state index in [2.05, 4.69) is 5.32 Å². The van der Waals surface area contributed by atoms with Gasteiger partial charge in [0, 0.05) is 33.2 Å². The Balaban J connectivity index is 1.58. The highest BCUT2D eigenvalue weighted by Gasteiger charge is 2.47. The molecule has 7 heteroatoms. The van der Waals surface area contributed by atoms with Crippen LogP contribution in [0, 0.1) is 5.82 Å². The van der Waals surface area contributed by atoms with Crippen LogP contribution in [0.3, 0.4) is 0 Å². The van der Waals surface area contributed by atoms with E-state index in [4.69, 9.17) is 4.74 Å². The van der Waals surface area contributed by atoms with Gasteiger partial charge in [-0.2, -0.15) is 0 Å². The number of nitrogens with zero attached hydrogens (tertiary/aromatic N) is 2. The maximum atomic E-state index is 13.2. The van der Waals surface area contributed by atoms with Gasteiger partial charge in [0.05, 0.1) is 18.7 Å². The Morgan fingerprint density at radius 3 is 3.00 bits per heavy atom.